The van der Waals surface area contributed by atoms with Crippen molar-refractivity contribution in [2.45, 2.75) is 37.0 Å². The molecule has 0 atom stereocenters. The van der Waals surface area contributed by atoms with Crippen LogP contribution in [0.4, 0.5) is 0 Å². The number of thioether (sulfide) groups is 1. The monoisotopic (exact) mass is 313 g/mol. The smallest absolute Gasteiger partial charge is 0.0517 e. The van der Waals surface area contributed by atoms with Crippen LogP contribution in [0, 0.1) is 0 Å². The largest absolute Gasteiger partial charge is 0.306 e. The summed E-state index contributed by atoms with van der Waals surface area (Å²) < 4.78 is 0. The summed E-state index contributed by atoms with van der Waals surface area (Å²) in [5.41, 5.74) is 4.06. The molecule has 1 aromatic carbocycles. The van der Waals surface area contributed by atoms with Gasteiger partial charge in [0.1, 0.15) is 0 Å². The molecule has 0 aliphatic carbocycles. The molecule has 0 saturated carbocycles. The van der Waals surface area contributed by atoms with Gasteiger partial charge in [-0.2, -0.15) is 0 Å². The second kappa shape index (κ2) is 5.77. The molecule has 1 aliphatic rings. The fourth-order valence-corrected chi connectivity index (χ4v) is 3.46. The minimum Gasteiger partial charge on any atom is -0.306 e. The molecule has 2 rings (SSSR count). The first kappa shape index (κ1) is 13.4. The summed E-state index contributed by atoms with van der Waals surface area (Å²) in [5, 5.41) is 3.38. The number of aryl methyl sites for hydroxylation is 1. The number of halogens is 1. The summed E-state index contributed by atoms with van der Waals surface area (Å²) in [6.45, 7) is 5.62. The first-order chi connectivity index (χ1) is 8.13. The second-order valence-electron chi connectivity index (χ2n) is 5.22. The van der Waals surface area contributed by atoms with Crippen molar-refractivity contribution in [2.24, 2.45) is 0 Å². The van der Waals surface area contributed by atoms with Crippen LogP contribution in [-0.2, 0) is 11.8 Å². The Bertz CT molecular complexity index is 390. The number of hydrogen-bond acceptors (Lipinski definition) is 2. The molecular weight excluding hydrogens is 294 g/mol. The molecule has 0 amide bonds. The van der Waals surface area contributed by atoms with Gasteiger partial charge in [0.05, 0.1) is 5.45 Å². The quantitative estimate of drug-likeness (QED) is 0.667. The zero-order chi connectivity index (χ0) is 12.3. The lowest BCUT2D eigenvalue weighted by Gasteiger charge is -2.27. The maximum atomic E-state index is 3.42. The molecule has 0 saturated heterocycles. The molecule has 0 spiro atoms. The highest BCUT2D eigenvalue weighted by molar-refractivity contribution is 9.09. The van der Waals surface area contributed by atoms with Crippen molar-refractivity contribution in [1.29, 1.82) is 0 Å². The third kappa shape index (κ3) is 3.27. The SMILES string of the molecule is CC(C)(CNCBr)c1ccc2c(c1)CCCS2. The summed E-state index contributed by atoms with van der Waals surface area (Å²) in [7, 11) is 0. The molecule has 94 valence electrons. The average molecular weight is 314 g/mol. The van der Waals surface area contributed by atoms with E-state index in [2.05, 4.69) is 53.3 Å². The molecule has 3 heteroatoms. The lowest BCUT2D eigenvalue weighted by molar-refractivity contribution is 0.490. The summed E-state index contributed by atoms with van der Waals surface area (Å²) in [6.07, 6.45) is 2.57. The van der Waals surface area contributed by atoms with Crippen molar-refractivity contribution in [3.63, 3.8) is 0 Å². The fraction of sp³-hybridized carbons (Fsp3) is 0.571. The van der Waals surface area contributed by atoms with E-state index in [1.807, 2.05) is 11.8 Å². The highest BCUT2D eigenvalue weighted by Crippen LogP contribution is 2.33. The van der Waals surface area contributed by atoms with Crippen molar-refractivity contribution in [2.75, 3.05) is 17.8 Å². The van der Waals surface area contributed by atoms with Crippen LogP contribution in [-0.4, -0.2) is 17.8 Å². The molecule has 1 N–H and O–H groups in total. The van der Waals surface area contributed by atoms with E-state index in [1.165, 1.54) is 29.1 Å². The number of hydrogen-bond donors (Lipinski definition) is 1. The Morgan fingerprint density at radius 2 is 2.24 bits per heavy atom. The summed E-state index contributed by atoms with van der Waals surface area (Å²) in [5.74, 6) is 1.28. The van der Waals surface area contributed by atoms with Gasteiger partial charge < -0.3 is 5.32 Å². The minimum atomic E-state index is 0.199. The van der Waals surface area contributed by atoms with Crippen LogP contribution in [0.1, 0.15) is 31.4 Å². The lowest BCUT2D eigenvalue weighted by atomic mass is 9.83. The van der Waals surface area contributed by atoms with E-state index < -0.39 is 0 Å². The second-order valence-corrected chi connectivity index (χ2v) is 6.92. The van der Waals surface area contributed by atoms with Crippen LogP contribution < -0.4 is 5.32 Å². The predicted octanol–water partition coefficient (Wildman–Crippen LogP) is 3.94. The van der Waals surface area contributed by atoms with Gasteiger partial charge in [-0.1, -0.05) is 41.9 Å². The zero-order valence-electron chi connectivity index (χ0n) is 10.6. The maximum absolute atomic E-state index is 3.42. The van der Waals surface area contributed by atoms with E-state index in [4.69, 9.17) is 0 Å². The zero-order valence-corrected chi connectivity index (χ0v) is 13.0. The van der Waals surface area contributed by atoms with Crippen molar-refractivity contribution < 1.29 is 0 Å². The predicted molar refractivity (Wildman–Crippen MR) is 80.3 cm³/mol. The molecule has 17 heavy (non-hydrogen) atoms. The molecular formula is C14H20BrNS. The van der Waals surface area contributed by atoms with Crippen molar-refractivity contribution in [1.82, 2.24) is 5.32 Å². The number of rotatable bonds is 4. The van der Waals surface area contributed by atoms with Crippen LogP contribution in [0.15, 0.2) is 23.1 Å². The summed E-state index contributed by atoms with van der Waals surface area (Å²) >= 11 is 5.42. The normalized spacial score (nSPS) is 15.7. The van der Waals surface area contributed by atoms with Crippen LogP contribution in [0.2, 0.25) is 0 Å². The van der Waals surface area contributed by atoms with Crippen LogP contribution in [0.25, 0.3) is 0 Å². The van der Waals surface area contributed by atoms with Crippen LogP contribution in [0.5, 0.6) is 0 Å². The third-order valence-corrected chi connectivity index (χ3v) is 4.95. The first-order valence-corrected chi connectivity index (χ1v) is 8.27. The van der Waals surface area contributed by atoms with Gasteiger partial charge in [-0.3, -0.25) is 0 Å². The van der Waals surface area contributed by atoms with Crippen LogP contribution >= 0.6 is 27.7 Å². The number of alkyl halides is 1. The van der Waals surface area contributed by atoms with E-state index in [1.54, 1.807) is 5.56 Å². The van der Waals surface area contributed by atoms with Gasteiger partial charge in [0.2, 0.25) is 0 Å². The molecule has 0 fully saturated rings. The topological polar surface area (TPSA) is 12.0 Å². The molecule has 0 aromatic heterocycles. The van der Waals surface area contributed by atoms with Gasteiger partial charge in [-0.05, 0) is 35.8 Å². The average Bonchev–Trinajstić information content (AvgIpc) is 2.36. The van der Waals surface area contributed by atoms with E-state index in [0.717, 1.165) is 12.0 Å². The van der Waals surface area contributed by atoms with Gasteiger partial charge in [0.25, 0.3) is 0 Å². The molecule has 1 aliphatic heterocycles. The Balaban J connectivity index is 2.20. The molecule has 1 nitrogen and oxygen atoms in total. The van der Waals surface area contributed by atoms with Gasteiger partial charge >= 0.3 is 0 Å². The van der Waals surface area contributed by atoms with E-state index in [0.29, 0.717) is 0 Å². The molecule has 1 aromatic rings. The summed E-state index contributed by atoms with van der Waals surface area (Å²) in [6, 6.07) is 7.02. The number of nitrogens with one attached hydrogen (secondary N) is 1. The number of fused-ring (bicyclic) bond motifs is 1. The maximum Gasteiger partial charge on any atom is 0.0517 e. The van der Waals surface area contributed by atoms with Gasteiger partial charge in [0.15, 0.2) is 0 Å². The lowest BCUT2D eigenvalue weighted by Crippen LogP contribution is -2.32. The Labute approximate surface area is 117 Å². The van der Waals surface area contributed by atoms with Crippen LogP contribution in [0.3, 0.4) is 0 Å². The Hall–Kier alpha value is 0.01000. The molecule has 1 heterocycles. The first-order valence-electron chi connectivity index (χ1n) is 6.16. The van der Waals surface area contributed by atoms with E-state index >= 15 is 0 Å². The van der Waals surface area contributed by atoms with Crippen molar-refractivity contribution >= 4 is 27.7 Å². The van der Waals surface area contributed by atoms with Crippen molar-refractivity contribution in [3.05, 3.63) is 29.3 Å². The molecule has 0 unspecified atom stereocenters. The van der Waals surface area contributed by atoms with Gasteiger partial charge in [-0.15, -0.1) is 11.8 Å². The van der Waals surface area contributed by atoms with E-state index in [-0.39, 0.29) is 5.41 Å². The fourth-order valence-electron chi connectivity index (χ4n) is 2.24. The van der Waals surface area contributed by atoms with Gasteiger partial charge in [0, 0.05) is 16.9 Å². The van der Waals surface area contributed by atoms with E-state index in [9.17, 15) is 0 Å². The van der Waals surface area contributed by atoms with Gasteiger partial charge in [-0.25, -0.2) is 0 Å². The third-order valence-electron chi connectivity index (χ3n) is 3.35. The molecule has 0 bridgehead atoms. The number of benzene rings is 1. The minimum absolute atomic E-state index is 0.199. The Kier molecular flexibility index (Phi) is 4.56. The highest BCUT2D eigenvalue weighted by atomic mass is 79.9. The summed E-state index contributed by atoms with van der Waals surface area (Å²) in [4.78, 5) is 1.49. The Morgan fingerprint density at radius 3 is 3.00 bits per heavy atom. The highest BCUT2D eigenvalue weighted by Gasteiger charge is 2.21. The molecule has 0 radical (unpaired) electrons. The Morgan fingerprint density at radius 1 is 1.41 bits per heavy atom. The standard InChI is InChI=1S/C14H20BrNS/c1-14(2,9-16-10-15)12-5-6-13-11(8-12)4-3-7-17-13/h5-6,8,16H,3-4,7,9-10H2,1-2H3. The van der Waals surface area contributed by atoms with Crippen molar-refractivity contribution in [3.8, 4) is 0 Å².